The number of benzene rings is 4. The third-order valence-electron chi connectivity index (χ3n) is 7.83. The number of nitrogens with one attached hydrogen (secondary N) is 1. The second-order valence-corrected chi connectivity index (χ2v) is 10.4. The van der Waals surface area contributed by atoms with E-state index in [9.17, 15) is 14.4 Å². The van der Waals surface area contributed by atoms with E-state index in [1.54, 1.807) is 12.1 Å². The van der Waals surface area contributed by atoms with Gasteiger partial charge in [-0.05, 0) is 65.4 Å². The van der Waals surface area contributed by atoms with Crippen molar-refractivity contribution in [2.75, 3.05) is 11.9 Å². The van der Waals surface area contributed by atoms with Crippen molar-refractivity contribution in [1.82, 2.24) is 4.57 Å². The molecule has 1 aliphatic rings. The van der Waals surface area contributed by atoms with Crippen LogP contribution in [0.15, 0.2) is 95.8 Å². The summed E-state index contributed by atoms with van der Waals surface area (Å²) in [6.45, 7) is 0.850. The number of carboxylic acid groups (broad SMARTS) is 1. The van der Waals surface area contributed by atoms with Crippen LogP contribution in [0.25, 0.3) is 32.9 Å². The van der Waals surface area contributed by atoms with E-state index in [1.807, 2.05) is 54.6 Å². The summed E-state index contributed by atoms with van der Waals surface area (Å²) < 4.78 is 7.80. The van der Waals surface area contributed by atoms with Crippen LogP contribution < -0.4 is 10.7 Å². The molecule has 0 aliphatic heterocycles. The number of carboxylic acids is 1. The number of para-hydroxylation sites is 1. The quantitative estimate of drug-likeness (QED) is 0.151. The van der Waals surface area contributed by atoms with Crippen LogP contribution in [-0.4, -0.2) is 28.3 Å². The molecule has 7 heteroatoms. The standard InChI is InChI=1S/C34H30N2O5/c37-32(38)16-2-1-9-19-36-30-15-8-7-14-27(30)33(39)28-20-22(17-18-31(28)36)35-34(40)41-21-29-25-12-5-3-10-23(25)24-11-4-6-13-26(24)29/h3-8,10-15,17-18,20,29H,1-2,9,16,19,21H2,(H,35,40)(H,37,38). The molecule has 1 aliphatic carbocycles. The first-order valence-electron chi connectivity index (χ1n) is 13.9. The van der Waals surface area contributed by atoms with Crippen LogP contribution >= 0.6 is 0 Å². The zero-order valence-electron chi connectivity index (χ0n) is 22.5. The molecule has 4 aromatic carbocycles. The number of aliphatic carboxylic acids is 1. The summed E-state index contributed by atoms with van der Waals surface area (Å²) in [5.41, 5.74) is 6.59. The van der Waals surface area contributed by atoms with Crippen molar-refractivity contribution < 1.29 is 19.4 Å². The lowest BCUT2D eigenvalue weighted by Gasteiger charge is -2.17. The molecule has 41 heavy (non-hydrogen) atoms. The van der Waals surface area contributed by atoms with Crippen LogP contribution in [0.1, 0.15) is 42.7 Å². The molecule has 206 valence electrons. The lowest BCUT2D eigenvalue weighted by molar-refractivity contribution is -0.137. The summed E-state index contributed by atoms with van der Waals surface area (Å²) in [7, 11) is 0. The second kappa shape index (κ2) is 11.3. The third-order valence-corrected chi connectivity index (χ3v) is 7.83. The van der Waals surface area contributed by atoms with Gasteiger partial charge in [0.05, 0.1) is 11.0 Å². The number of carbonyl (C=O) groups excluding carboxylic acids is 1. The largest absolute Gasteiger partial charge is 0.481 e. The zero-order chi connectivity index (χ0) is 28.3. The molecule has 2 N–H and O–H groups in total. The van der Waals surface area contributed by atoms with Gasteiger partial charge in [0.25, 0.3) is 0 Å². The maximum Gasteiger partial charge on any atom is 0.411 e. The molecular weight excluding hydrogens is 516 g/mol. The average Bonchev–Trinajstić information content (AvgIpc) is 3.31. The summed E-state index contributed by atoms with van der Waals surface area (Å²) >= 11 is 0. The predicted octanol–water partition coefficient (Wildman–Crippen LogP) is 7.16. The summed E-state index contributed by atoms with van der Waals surface area (Å²) in [4.78, 5) is 37.2. The molecule has 1 heterocycles. The number of amides is 1. The molecule has 7 nitrogen and oxygen atoms in total. The number of pyridine rings is 1. The van der Waals surface area contributed by atoms with Crippen LogP contribution in [0.4, 0.5) is 10.5 Å². The minimum absolute atomic E-state index is 0.0428. The van der Waals surface area contributed by atoms with E-state index in [-0.39, 0.29) is 24.4 Å². The van der Waals surface area contributed by atoms with Gasteiger partial charge in [-0.3, -0.25) is 14.9 Å². The lowest BCUT2D eigenvalue weighted by Crippen LogP contribution is -2.18. The minimum atomic E-state index is -0.791. The predicted molar refractivity (Wildman–Crippen MR) is 161 cm³/mol. The highest BCUT2D eigenvalue weighted by atomic mass is 16.5. The molecule has 0 saturated carbocycles. The summed E-state index contributed by atoms with van der Waals surface area (Å²) in [5, 5.41) is 12.8. The Labute approximate surface area is 237 Å². The van der Waals surface area contributed by atoms with Crippen LogP contribution in [0.3, 0.4) is 0 Å². The van der Waals surface area contributed by atoms with Crippen molar-refractivity contribution in [3.05, 3.63) is 112 Å². The number of aromatic nitrogens is 1. The van der Waals surface area contributed by atoms with Gasteiger partial charge < -0.3 is 14.4 Å². The van der Waals surface area contributed by atoms with Gasteiger partial charge in [0.2, 0.25) is 0 Å². The zero-order valence-corrected chi connectivity index (χ0v) is 22.5. The Hall–Kier alpha value is -4.91. The molecule has 1 amide bonds. The van der Waals surface area contributed by atoms with Gasteiger partial charge in [-0.15, -0.1) is 0 Å². The Kier molecular flexibility index (Phi) is 7.25. The van der Waals surface area contributed by atoms with Crippen molar-refractivity contribution in [2.24, 2.45) is 0 Å². The number of ether oxygens (including phenoxy) is 1. The molecule has 0 saturated heterocycles. The number of unbranched alkanes of at least 4 members (excludes halogenated alkanes) is 2. The molecule has 0 bridgehead atoms. The minimum Gasteiger partial charge on any atom is -0.481 e. The first kappa shape index (κ1) is 26.3. The van der Waals surface area contributed by atoms with E-state index in [2.05, 4.69) is 34.1 Å². The van der Waals surface area contributed by atoms with E-state index in [0.29, 0.717) is 29.4 Å². The Morgan fingerprint density at radius 1 is 0.780 bits per heavy atom. The molecule has 0 spiro atoms. The summed E-state index contributed by atoms with van der Waals surface area (Å²) in [6, 6.07) is 29.2. The van der Waals surface area contributed by atoms with Crippen molar-refractivity contribution in [3.63, 3.8) is 0 Å². The van der Waals surface area contributed by atoms with Crippen molar-refractivity contribution in [2.45, 2.75) is 38.1 Å². The van der Waals surface area contributed by atoms with E-state index in [4.69, 9.17) is 9.84 Å². The first-order chi connectivity index (χ1) is 20.0. The highest BCUT2D eigenvalue weighted by Crippen LogP contribution is 2.44. The van der Waals surface area contributed by atoms with Crippen molar-refractivity contribution in [1.29, 1.82) is 0 Å². The smallest absolute Gasteiger partial charge is 0.411 e. The normalized spacial score (nSPS) is 12.3. The van der Waals surface area contributed by atoms with E-state index < -0.39 is 12.1 Å². The van der Waals surface area contributed by atoms with Gasteiger partial charge in [0.1, 0.15) is 6.61 Å². The number of nitrogens with zero attached hydrogens (tertiary/aromatic N) is 1. The number of fused-ring (bicyclic) bond motifs is 5. The van der Waals surface area contributed by atoms with Gasteiger partial charge >= 0.3 is 12.1 Å². The molecule has 5 aromatic rings. The molecule has 1 aromatic heterocycles. The van der Waals surface area contributed by atoms with Gasteiger partial charge in [-0.25, -0.2) is 4.79 Å². The first-order valence-corrected chi connectivity index (χ1v) is 13.9. The van der Waals surface area contributed by atoms with Crippen LogP contribution in [0, 0.1) is 0 Å². The monoisotopic (exact) mass is 546 g/mol. The number of carbonyl (C=O) groups is 2. The fourth-order valence-electron chi connectivity index (χ4n) is 5.92. The van der Waals surface area contributed by atoms with Crippen LogP contribution in [0.5, 0.6) is 0 Å². The topological polar surface area (TPSA) is 97.6 Å². The molecule has 0 unspecified atom stereocenters. The van der Waals surface area contributed by atoms with Crippen molar-refractivity contribution >= 4 is 39.6 Å². The Morgan fingerprint density at radius 3 is 2.17 bits per heavy atom. The second-order valence-electron chi connectivity index (χ2n) is 10.4. The van der Waals surface area contributed by atoms with Gasteiger partial charge in [-0.2, -0.15) is 0 Å². The molecule has 0 radical (unpaired) electrons. The fourth-order valence-corrected chi connectivity index (χ4v) is 5.92. The van der Waals surface area contributed by atoms with Crippen LogP contribution in [-0.2, 0) is 16.1 Å². The van der Waals surface area contributed by atoms with Crippen molar-refractivity contribution in [3.8, 4) is 11.1 Å². The molecular formula is C34H30N2O5. The molecule has 0 fully saturated rings. The Balaban J connectivity index is 1.21. The highest BCUT2D eigenvalue weighted by Gasteiger charge is 2.29. The maximum atomic E-state index is 13.4. The average molecular weight is 547 g/mol. The number of aryl methyl sites for hydroxylation is 1. The van der Waals surface area contributed by atoms with Gasteiger partial charge in [0.15, 0.2) is 5.43 Å². The maximum absolute atomic E-state index is 13.4. The Bertz CT molecular complexity index is 1800. The molecule has 0 atom stereocenters. The number of anilines is 1. The fraction of sp³-hybridized carbons (Fsp3) is 0.206. The lowest BCUT2D eigenvalue weighted by atomic mass is 9.98. The third kappa shape index (κ3) is 5.18. The van der Waals surface area contributed by atoms with E-state index in [0.717, 1.165) is 46.1 Å². The van der Waals surface area contributed by atoms with E-state index >= 15 is 0 Å². The number of rotatable bonds is 9. The SMILES string of the molecule is O=C(O)CCCCCn1c2ccccc2c(=O)c2cc(NC(=O)OCC3c4ccccc4-c4ccccc43)ccc21. The number of hydrogen-bond acceptors (Lipinski definition) is 4. The van der Waals surface area contributed by atoms with Gasteiger partial charge in [0, 0.05) is 35.3 Å². The number of hydrogen-bond donors (Lipinski definition) is 2. The van der Waals surface area contributed by atoms with Crippen LogP contribution in [0.2, 0.25) is 0 Å². The summed E-state index contributed by atoms with van der Waals surface area (Å²) in [6.07, 6.45) is 1.74. The highest BCUT2D eigenvalue weighted by molar-refractivity contribution is 5.96. The van der Waals surface area contributed by atoms with Gasteiger partial charge in [-0.1, -0.05) is 67.1 Å². The Morgan fingerprint density at radius 2 is 1.44 bits per heavy atom. The molecule has 6 rings (SSSR count). The van der Waals surface area contributed by atoms with E-state index in [1.165, 1.54) is 0 Å². The summed E-state index contributed by atoms with van der Waals surface area (Å²) in [5.74, 6) is -0.834.